The number of hydrogen-bond acceptors (Lipinski definition) is 3. The third-order valence-electron chi connectivity index (χ3n) is 4.94. The maximum atomic E-state index is 13.2. The second kappa shape index (κ2) is 8.08. The standard InChI is InChI=1S/C16H21ClFNO.CH2O2/c17-13-9-12(4-5-14(13)18)10-19-8-2-7-16(11-19)6-1-3-15(16)20;2-1-3/h4-5,9,15,20H,1-3,6-8,10-11H2;1H,(H,2,3)/t15-,16-;/m1./s1. The summed E-state index contributed by atoms with van der Waals surface area (Å²) in [6, 6.07) is 4.94. The molecule has 23 heavy (non-hydrogen) atoms. The van der Waals surface area contributed by atoms with Crippen molar-refractivity contribution in [2.24, 2.45) is 5.41 Å². The molecule has 3 rings (SSSR count). The van der Waals surface area contributed by atoms with Crippen molar-refractivity contribution in [1.82, 2.24) is 4.90 Å². The van der Waals surface area contributed by atoms with Crippen LogP contribution < -0.4 is 0 Å². The van der Waals surface area contributed by atoms with Crippen LogP contribution in [0.25, 0.3) is 0 Å². The molecule has 1 aliphatic carbocycles. The van der Waals surface area contributed by atoms with E-state index in [4.69, 9.17) is 21.5 Å². The summed E-state index contributed by atoms with van der Waals surface area (Å²) >= 11 is 5.84. The quantitative estimate of drug-likeness (QED) is 0.809. The molecule has 128 valence electrons. The van der Waals surface area contributed by atoms with Gasteiger partial charge in [0, 0.05) is 18.5 Å². The highest BCUT2D eigenvalue weighted by Gasteiger charge is 2.44. The fourth-order valence-corrected chi connectivity index (χ4v) is 4.09. The van der Waals surface area contributed by atoms with Crippen molar-refractivity contribution < 1.29 is 19.4 Å². The van der Waals surface area contributed by atoms with Gasteiger partial charge in [-0.15, -0.1) is 0 Å². The van der Waals surface area contributed by atoms with E-state index in [1.807, 2.05) is 0 Å². The van der Waals surface area contributed by atoms with Crippen LogP contribution in [0.4, 0.5) is 4.39 Å². The van der Waals surface area contributed by atoms with E-state index in [0.717, 1.165) is 57.3 Å². The van der Waals surface area contributed by atoms with E-state index in [-0.39, 0.29) is 28.8 Å². The second-order valence-electron chi connectivity index (χ2n) is 6.44. The number of piperidine rings is 1. The number of carboxylic acid groups (broad SMARTS) is 1. The van der Waals surface area contributed by atoms with Gasteiger partial charge >= 0.3 is 0 Å². The average Bonchev–Trinajstić information content (AvgIpc) is 2.84. The van der Waals surface area contributed by atoms with E-state index < -0.39 is 0 Å². The van der Waals surface area contributed by atoms with E-state index in [2.05, 4.69) is 4.90 Å². The molecule has 2 atom stereocenters. The molecule has 0 unspecified atom stereocenters. The zero-order valence-electron chi connectivity index (χ0n) is 13.0. The Balaban J connectivity index is 0.000000595. The zero-order valence-corrected chi connectivity index (χ0v) is 13.8. The molecule has 6 heteroatoms. The van der Waals surface area contributed by atoms with Crippen molar-refractivity contribution in [1.29, 1.82) is 0 Å². The van der Waals surface area contributed by atoms with Gasteiger partial charge in [0.05, 0.1) is 11.1 Å². The second-order valence-corrected chi connectivity index (χ2v) is 6.85. The maximum Gasteiger partial charge on any atom is 0.290 e. The fourth-order valence-electron chi connectivity index (χ4n) is 3.89. The highest BCUT2D eigenvalue weighted by atomic mass is 35.5. The van der Waals surface area contributed by atoms with Gasteiger partial charge in [0.2, 0.25) is 0 Å². The Morgan fingerprint density at radius 1 is 1.39 bits per heavy atom. The Kier molecular flexibility index (Phi) is 6.39. The largest absolute Gasteiger partial charge is 0.483 e. The molecule has 1 saturated heterocycles. The summed E-state index contributed by atoms with van der Waals surface area (Å²) in [6.45, 7) is 2.53. The SMILES string of the molecule is O=CO.O[C@@H]1CCC[C@]12CCCN(Cc1ccc(F)c(Cl)c1)C2. The van der Waals surface area contributed by atoms with Crippen LogP contribution in [-0.2, 0) is 11.3 Å². The average molecular weight is 344 g/mol. The molecule has 4 nitrogen and oxygen atoms in total. The van der Waals surface area contributed by atoms with Gasteiger partial charge in [-0.1, -0.05) is 24.1 Å². The van der Waals surface area contributed by atoms with Gasteiger partial charge in [0.25, 0.3) is 6.47 Å². The number of benzene rings is 1. The lowest BCUT2D eigenvalue weighted by molar-refractivity contribution is -0.122. The van der Waals surface area contributed by atoms with Crippen molar-refractivity contribution >= 4 is 18.1 Å². The first-order chi connectivity index (χ1) is 11.0. The normalized spacial score (nSPS) is 27.5. The van der Waals surface area contributed by atoms with Crippen LogP contribution in [0, 0.1) is 11.2 Å². The lowest BCUT2D eigenvalue weighted by Gasteiger charge is -2.42. The molecule has 2 N–H and O–H groups in total. The topological polar surface area (TPSA) is 60.8 Å². The van der Waals surface area contributed by atoms with Gasteiger partial charge in [0.1, 0.15) is 5.82 Å². The molecule has 1 heterocycles. The fraction of sp³-hybridized carbons (Fsp3) is 0.588. The van der Waals surface area contributed by atoms with Gasteiger partial charge < -0.3 is 10.2 Å². The summed E-state index contributed by atoms with van der Waals surface area (Å²) in [7, 11) is 0. The smallest absolute Gasteiger partial charge is 0.290 e. The van der Waals surface area contributed by atoms with Crippen LogP contribution in [0.3, 0.4) is 0 Å². The zero-order chi connectivity index (χ0) is 16.9. The number of carbonyl (C=O) groups is 1. The summed E-state index contributed by atoms with van der Waals surface area (Å²) in [6.07, 6.45) is 5.32. The minimum atomic E-state index is -0.364. The Labute approximate surface area is 140 Å². The highest BCUT2D eigenvalue weighted by molar-refractivity contribution is 6.30. The van der Waals surface area contributed by atoms with Crippen LogP contribution in [0.5, 0.6) is 0 Å². The molecular weight excluding hydrogens is 321 g/mol. The van der Waals surface area contributed by atoms with E-state index in [0.29, 0.717) is 0 Å². The molecule has 1 saturated carbocycles. The van der Waals surface area contributed by atoms with E-state index in [1.165, 1.54) is 6.07 Å². The summed E-state index contributed by atoms with van der Waals surface area (Å²) in [5.41, 5.74) is 1.14. The van der Waals surface area contributed by atoms with Crippen LogP contribution in [0.15, 0.2) is 18.2 Å². The molecule has 0 bridgehead atoms. The molecule has 1 aromatic carbocycles. The molecule has 1 aliphatic heterocycles. The summed E-state index contributed by atoms with van der Waals surface area (Å²) < 4.78 is 13.2. The molecular formula is C17H23ClFNO3. The Bertz CT molecular complexity index is 543. The number of rotatable bonds is 2. The predicted octanol–water partition coefficient (Wildman–Crippen LogP) is 3.31. The first-order valence-corrected chi connectivity index (χ1v) is 8.31. The predicted molar refractivity (Wildman–Crippen MR) is 86.9 cm³/mol. The van der Waals surface area contributed by atoms with Gasteiger partial charge in [-0.2, -0.15) is 0 Å². The molecule has 0 aromatic heterocycles. The van der Waals surface area contributed by atoms with E-state index in [9.17, 15) is 9.50 Å². The molecule has 0 radical (unpaired) electrons. The summed E-state index contributed by atoms with van der Waals surface area (Å²) in [5.74, 6) is -0.364. The van der Waals surface area contributed by atoms with Crippen molar-refractivity contribution in [3.8, 4) is 0 Å². The third-order valence-corrected chi connectivity index (χ3v) is 5.23. The minimum absolute atomic E-state index is 0.0993. The van der Waals surface area contributed by atoms with E-state index in [1.54, 1.807) is 12.1 Å². The van der Waals surface area contributed by atoms with Crippen molar-refractivity contribution in [2.45, 2.75) is 44.8 Å². The highest BCUT2D eigenvalue weighted by Crippen LogP contribution is 2.45. The number of nitrogens with zero attached hydrogens (tertiary/aromatic N) is 1. The number of halogens is 2. The molecule has 2 aliphatic rings. The molecule has 1 aromatic rings. The monoisotopic (exact) mass is 343 g/mol. The van der Waals surface area contributed by atoms with Gasteiger partial charge in [-0.05, 0) is 49.9 Å². The van der Waals surface area contributed by atoms with Crippen LogP contribution in [-0.4, -0.2) is 40.8 Å². The minimum Gasteiger partial charge on any atom is -0.483 e. The van der Waals surface area contributed by atoms with E-state index >= 15 is 0 Å². The van der Waals surface area contributed by atoms with Crippen LogP contribution in [0.2, 0.25) is 5.02 Å². The maximum absolute atomic E-state index is 13.2. The number of aliphatic hydroxyl groups excluding tert-OH is 1. The van der Waals surface area contributed by atoms with Gasteiger partial charge in [0.15, 0.2) is 0 Å². The van der Waals surface area contributed by atoms with Gasteiger partial charge in [-0.3, -0.25) is 9.69 Å². The van der Waals surface area contributed by atoms with Crippen LogP contribution in [0.1, 0.15) is 37.7 Å². The molecule has 2 fully saturated rings. The van der Waals surface area contributed by atoms with Crippen LogP contribution >= 0.6 is 11.6 Å². The molecule has 1 spiro atoms. The van der Waals surface area contributed by atoms with Gasteiger partial charge in [-0.25, -0.2) is 4.39 Å². The molecule has 0 amide bonds. The Hall–Kier alpha value is -1.17. The summed E-state index contributed by atoms with van der Waals surface area (Å²) in [4.78, 5) is 10.7. The van der Waals surface area contributed by atoms with Crippen molar-refractivity contribution in [2.75, 3.05) is 13.1 Å². The van der Waals surface area contributed by atoms with Crippen molar-refractivity contribution in [3.05, 3.63) is 34.6 Å². The third kappa shape index (κ3) is 4.43. The first kappa shape index (κ1) is 18.2. The van der Waals surface area contributed by atoms with Crippen molar-refractivity contribution in [3.63, 3.8) is 0 Å². The first-order valence-electron chi connectivity index (χ1n) is 7.93. The Morgan fingerprint density at radius 2 is 2.09 bits per heavy atom. The number of hydrogen-bond donors (Lipinski definition) is 2. The summed E-state index contributed by atoms with van der Waals surface area (Å²) in [5, 5.41) is 17.4. The number of likely N-dealkylation sites (tertiary alicyclic amines) is 1. The Morgan fingerprint density at radius 3 is 2.70 bits per heavy atom. The lowest BCUT2D eigenvalue weighted by atomic mass is 9.76. The number of aliphatic hydroxyl groups is 1. The lowest BCUT2D eigenvalue weighted by Crippen LogP contribution is -2.46.